The number of carboxylic acid groups (broad SMARTS) is 1. The average Bonchev–Trinajstić information content (AvgIpc) is 3.50. The number of rotatable bonds is 3. The van der Waals surface area contributed by atoms with Crippen LogP contribution >= 0.6 is 11.3 Å². The largest absolute Gasteiger partial charge is 0.465 e. The van der Waals surface area contributed by atoms with Gasteiger partial charge in [0.25, 0.3) is 0 Å². The Morgan fingerprint density at radius 2 is 2.00 bits per heavy atom. The van der Waals surface area contributed by atoms with Crippen molar-refractivity contribution in [2.45, 2.75) is 27.2 Å². The minimum atomic E-state index is -0.875. The summed E-state index contributed by atoms with van der Waals surface area (Å²) in [5.74, 6) is 0.650. The first-order valence-corrected chi connectivity index (χ1v) is 13.1. The van der Waals surface area contributed by atoms with Crippen molar-refractivity contribution < 1.29 is 9.90 Å². The van der Waals surface area contributed by atoms with Gasteiger partial charge >= 0.3 is 6.09 Å². The minimum absolute atomic E-state index is 0.0823. The predicted molar refractivity (Wildman–Crippen MR) is 144 cm³/mol. The molecule has 9 heteroatoms. The topological polar surface area (TPSA) is 106 Å². The molecule has 8 nitrogen and oxygen atoms in total. The number of carbonyl (C=O) groups is 1. The lowest BCUT2D eigenvalue weighted by atomic mass is 9.79. The number of anilines is 1. The maximum Gasteiger partial charge on any atom is 0.407 e. The van der Waals surface area contributed by atoms with E-state index >= 15 is 0 Å². The van der Waals surface area contributed by atoms with E-state index in [0.29, 0.717) is 36.5 Å². The van der Waals surface area contributed by atoms with Crippen molar-refractivity contribution in [2.75, 3.05) is 31.1 Å². The lowest BCUT2D eigenvalue weighted by molar-refractivity contribution is 0.0252. The number of hydrogen-bond donors (Lipinski definition) is 1. The van der Waals surface area contributed by atoms with E-state index in [-0.39, 0.29) is 5.41 Å². The predicted octanol–water partition coefficient (Wildman–Crippen LogP) is 5.41. The summed E-state index contributed by atoms with van der Waals surface area (Å²) < 4.78 is 0. The number of thiazole rings is 1. The molecule has 0 saturated carbocycles. The normalized spacial score (nSPS) is 16.3. The van der Waals surface area contributed by atoms with Crippen molar-refractivity contribution in [3.8, 4) is 27.6 Å². The Morgan fingerprint density at radius 1 is 1.19 bits per heavy atom. The molecule has 2 saturated heterocycles. The Balaban J connectivity index is 1.54. The van der Waals surface area contributed by atoms with Crippen LogP contribution in [-0.2, 0) is 0 Å². The third-order valence-corrected chi connectivity index (χ3v) is 8.84. The van der Waals surface area contributed by atoms with Crippen LogP contribution in [0.4, 0.5) is 10.6 Å². The molecule has 2 aliphatic heterocycles. The minimum Gasteiger partial charge on any atom is -0.465 e. The molecule has 2 fully saturated rings. The van der Waals surface area contributed by atoms with Crippen LogP contribution in [0.5, 0.6) is 0 Å². The molecule has 0 aliphatic carbocycles. The molecule has 1 spiro atoms. The van der Waals surface area contributed by atoms with Crippen LogP contribution in [-0.4, -0.2) is 57.2 Å². The zero-order valence-electron chi connectivity index (χ0n) is 20.9. The summed E-state index contributed by atoms with van der Waals surface area (Å²) >= 11 is 1.57. The monoisotopic (exact) mass is 510 g/mol. The van der Waals surface area contributed by atoms with E-state index in [1.807, 2.05) is 36.8 Å². The van der Waals surface area contributed by atoms with E-state index in [4.69, 9.17) is 9.97 Å². The number of nitrogens with zero attached hydrogens (tertiary/aromatic N) is 6. The van der Waals surface area contributed by atoms with E-state index in [0.717, 1.165) is 56.9 Å². The Hall–Kier alpha value is -4.03. The molecule has 186 valence electrons. The molecule has 0 unspecified atom stereocenters. The van der Waals surface area contributed by atoms with Crippen molar-refractivity contribution >= 4 is 34.3 Å². The molecule has 1 N–H and O–H groups in total. The second-order valence-corrected chi connectivity index (χ2v) is 11.1. The van der Waals surface area contributed by atoms with Gasteiger partial charge in [-0.25, -0.2) is 14.8 Å². The van der Waals surface area contributed by atoms with Crippen molar-refractivity contribution in [1.82, 2.24) is 19.9 Å². The smallest absolute Gasteiger partial charge is 0.407 e. The highest BCUT2D eigenvalue weighted by Gasteiger charge is 2.50. The molecule has 37 heavy (non-hydrogen) atoms. The fourth-order valence-corrected chi connectivity index (χ4v) is 6.51. The van der Waals surface area contributed by atoms with Crippen LogP contribution in [0.25, 0.3) is 32.6 Å². The van der Waals surface area contributed by atoms with E-state index in [9.17, 15) is 15.2 Å². The van der Waals surface area contributed by atoms with E-state index in [2.05, 4.69) is 35.9 Å². The number of benzene rings is 1. The van der Waals surface area contributed by atoms with Gasteiger partial charge in [0, 0.05) is 48.9 Å². The van der Waals surface area contributed by atoms with E-state index in [1.54, 1.807) is 11.3 Å². The Morgan fingerprint density at radius 3 is 2.70 bits per heavy atom. The van der Waals surface area contributed by atoms with Gasteiger partial charge in [0.15, 0.2) is 0 Å². The lowest BCUT2D eigenvalue weighted by Gasteiger charge is -2.46. The average molecular weight is 511 g/mol. The summed E-state index contributed by atoms with van der Waals surface area (Å²) in [4.78, 5) is 30.3. The summed E-state index contributed by atoms with van der Waals surface area (Å²) in [5.41, 5.74) is 9.64. The highest BCUT2D eigenvalue weighted by Crippen LogP contribution is 2.44. The molecular formula is C28H26N6O2S. The van der Waals surface area contributed by atoms with Crippen LogP contribution in [0.1, 0.15) is 28.8 Å². The summed E-state index contributed by atoms with van der Waals surface area (Å²) in [6.45, 7) is 8.58. The molecule has 0 radical (unpaired) electrons. The number of aromatic nitrogens is 3. The van der Waals surface area contributed by atoms with Gasteiger partial charge in [0.05, 0.1) is 27.1 Å². The summed E-state index contributed by atoms with van der Waals surface area (Å²) in [6, 6.07) is 10.6. The molecule has 1 amide bonds. The number of likely N-dealkylation sites (tertiary alicyclic amines) is 1. The van der Waals surface area contributed by atoms with Gasteiger partial charge in [-0.2, -0.15) is 5.26 Å². The van der Waals surface area contributed by atoms with Gasteiger partial charge in [0.1, 0.15) is 17.5 Å². The van der Waals surface area contributed by atoms with Gasteiger partial charge in [-0.15, -0.1) is 11.3 Å². The molecule has 6 rings (SSSR count). The quantitative estimate of drug-likeness (QED) is 0.393. The second-order valence-electron chi connectivity index (χ2n) is 10.2. The molecule has 2 aliphatic rings. The van der Waals surface area contributed by atoms with Gasteiger partial charge < -0.3 is 14.9 Å². The van der Waals surface area contributed by atoms with Gasteiger partial charge in [0.2, 0.25) is 0 Å². The number of amides is 1. The molecule has 3 aromatic heterocycles. The third-order valence-electron chi connectivity index (χ3n) is 7.86. The number of fused-ring (bicyclic) bond motifs is 1. The maximum atomic E-state index is 11.4. The highest BCUT2D eigenvalue weighted by molar-refractivity contribution is 7.13. The van der Waals surface area contributed by atoms with E-state index < -0.39 is 6.09 Å². The Labute approximate surface area is 218 Å². The first-order chi connectivity index (χ1) is 17.8. The zero-order chi connectivity index (χ0) is 25.9. The number of aryl methyl sites for hydroxylation is 2. The van der Waals surface area contributed by atoms with Crippen LogP contribution in [0, 0.1) is 37.5 Å². The highest BCUT2D eigenvalue weighted by atomic mass is 32.1. The van der Waals surface area contributed by atoms with Crippen molar-refractivity contribution in [3.63, 3.8) is 0 Å². The second kappa shape index (κ2) is 8.53. The third kappa shape index (κ3) is 3.71. The fraction of sp³-hybridized carbons (Fsp3) is 0.321. The maximum absolute atomic E-state index is 11.4. The molecular weight excluding hydrogens is 484 g/mol. The Bertz CT molecular complexity index is 1620. The number of nitriles is 1. The SMILES string of the molecule is Cc1cccc(-c2c(C#N)c(N3CCC4(CN(C(=O)O)C4)C3)nc3cc(-c4scnc4C)cnc23)c1C. The van der Waals surface area contributed by atoms with Crippen molar-refractivity contribution in [2.24, 2.45) is 5.41 Å². The fourth-order valence-electron chi connectivity index (χ4n) is 5.73. The van der Waals surface area contributed by atoms with Crippen LogP contribution in [0.3, 0.4) is 0 Å². The van der Waals surface area contributed by atoms with Crippen LogP contribution < -0.4 is 4.90 Å². The van der Waals surface area contributed by atoms with Crippen molar-refractivity contribution in [3.05, 3.63) is 58.4 Å². The van der Waals surface area contributed by atoms with Crippen molar-refractivity contribution in [1.29, 1.82) is 5.26 Å². The Kier molecular flexibility index (Phi) is 5.39. The number of pyridine rings is 2. The standard InChI is InChI=1S/C28H26N6O2S/c1-16-5-4-6-20(17(16)2)23-21(10-29)26(33-8-7-28(12-33)13-34(14-28)27(35)36)32-22-9-19(11-30-24(22)23)25-18(3)31-15-37-25/h4-6,9,11,15H,7-8,12-14H2,1-3H3,(H,35,36). The summed E-state index contributed by atoms with van der Waals surface area (Å²) in [7, 11) is 0. The first-order valence-electron chi connectivity index (χ1n) is 12.2. The van der Waals surface area contributed by atoms with Crippen LogP contribution in [0.15, 0.2) is 36.0 Å². The van der Waals surface area contributed by atoms with E-state index in [1.165, 1.54) is 4.90 Å². The van der Waals surface area contributed by atoms with Gasteiger partial charge in [-0.1, -0.05) is 18.2 Å². The molecule has 0 bridgehead atoms. The lowest BCUT2D eigenvalue weighted by Crippen LogP contribution is -2.59. The number of hydrogen-bond acceptors (Lipinski definition) is 7. The van der Waals surface area contributed by atoms with Gasteiger partial charge in [-0.3, -0.25) is 4.98 Å². The summed E-state index contributed by atoms with van der Waals surface area (Å²) in [6.07, 6.45) is 1.85. The summed E-state index contributed by atoms with van der Waals surface area (Å²) in [5, 5.41) is 19.8. The molecule has 1 aromatic carbocycles. The molecule has 4 aromatic rings. The van der Waals surface area contributed by atoms with Crippen LogP contribution in [0.2, 0.25) is 0 Å². The van der Waals surface area contributed by atoms with Gasteiger partial charge in [-0.05, 0) is 49.9 Å². The zero-order valence-corrected chi connectivity index (χ0v) is 21.8. The molecule has 5 heterocycles. The first kappa shape index (κ1) is 23.4. The molecule has 0 atom stereocenters.